The van der Waals surface area contributed by atoms with E-state index in [1.807, 2.05) is 24.3 Å². The Bertz CT molecular complexity index is 880. The van der Waals surface area contributed by atoms with E-state index in [2.05, 4.69) is 27.9 Å². The summed E-state index contributed by atoms with van der Waals surface area (Å²) in [6.07, 6.45) is 0. The van der Waals surface area contributed by atoms with Crippen LogP contribution in [0.25, 0.3) is 11.1 Å². The molecule has 0 spiro atoms. The zero-order valence-electron chi connectivity index (χ0n) is 11.7. The van der Waals surface area contributed by atoms with Crippen molar-refractivity contribution in [3.8, 4) is 0 Å². The van der Waals surface area contributed by atoms with Crippen LogP contribution in [0.15, 0.2) is 57.7 Å². The lowest BCUT2D eigenvalue weighted by atomic mass is 10.2. The second kappa shape index (κ2) is 5.96. The number of rotatable bonds is 3. The molecule has 0 aliphatic carbocycles. The minimum atomic E-state index is -0.671. The summed E-state index contributed by atoms with van der Waals surface area (Å²) < 4.78 is 7.61. The van der Waals surface area contributed by atoms with Crippen molar-refractivity contribution < 1.29 is 9.21 Å². The summed E-state index contributed by atoms with van der Waals surface area (Å²) in [6.45, 7) is 1.67. The molecule has 3 rings (SSSR count). The number of amides is 1. The third kappa shape index (κ3) is 2.78. The summed E-state index contributed by atoms with van der Waals surface area (Å²) in [4.78, 5) is 24.4. The van der Waals surface area contributed by atoms with Crippen molar-refractivity contribution in [2.75, 3.05) is 5.32 Å². The predicted molar refractivity (Wildman–Crippen MR) is 93.0 cm³/mol. The number of carbonyl (C=O) groups excluding carboxylic acids is 1. The SMILES string of the molecule is CC(C(=O)Nc1ccc(I)cc1)n1c(=O)oc2ccccc21. The molecule has 3 aromatic rings. The van der Waals surface area contributed by atoms with Crippen molar-refractivity contribution in [1.29, 1.82) is 0 Å². The van der Waals surface area contributed by atoms with Crippen molar-refractivity contribution in [3.05, 3.63) is 62.7 Å². The van der Waals surface area contributed by atoms with Gasteiger partial charge in [0.15, 0.2) is 5.58 Å². The molecule has 0 aliphatic heterocycles. The van der Waals surface area contributed by atoms with Gasteiger partial charge in [-0.05, 0) is 65.9 Å². The number of fused-ring (bicyclic) bond motifs is 1. The first kappa shape index (κ1) is 14.8. The number of aromatic nitrogens is 1. The van der Waals surface area contributed by atoms with E-state index >= 15 is 0 Å². The molecule has 0 saturated carbocycles. The van der Waals surface area contributed by atoms with Gasteiger partial charge in [-0.2, -0.15) is 0 Å². The Morgan fingerprint density at radius 1 is 1.18 bits per heavy atom. The summed E-state index contributed by atoms with van der Waals surface area (Å²) in [5.41, 5.74) is 1.78. The van der Waals surface area contributed by atoms with Gasteiger partial charge in [0, 0.05) is 9.26 Å². The monoisotopic (exact) mass is 408 g/mol. The molecule has 1 aromatic heterocycles. The number of nitrogens with one attached hydrogen (secondary N) is 1. The smallest absolute Gasteiger partial charge is 0.408 e. The number of halogens is 1. The minimum absolute atomic E-state index is 0.269. The molecule has 0 saturated heterocycles. The molecule has 1 N–H and O–H groups in total. The zero-order valence-corrected chi connectivity index (χ0v) is 13.9. The maximum absolute atomic E-state index is 12.4. The lowest BCUT2D eigenvalue weighted by Gasteiger charge is -2.13. The summed E-state index contributed by atoms with van der Waals surface area (Å²) in [5, 5.41) is 2.81. The Balaban J connectivity index is 1.90. The van der Waals surface area contributed by atoms with Gasteiger partial charge in [0.25, 0.3) is 0 Å². The van der Waals surface area contributed by atoms with E-state index in [4.69, 9.17) is 4.42 Å². The molecule has 0 bridgehead atoms. The average Bonchev–Trinajstić information content (AvgIpc) is 2.84. The maximum Gasteiger partial charge on any atom is 0.420 e. The molecule has 6 heteroatoms. The number of oxazole rings is 1. The number of anilines is 1. The fraction of sp³-hybridized carbons (Fsp3) is 0.125. The number of benzene rings is 2. The molecule has 1 unspecified atom stereocenters. The molecule has 0 aliphatic rings. The van der Waals surface area contributed by atoms with Gasteiger partial charge in [0.2, 0.25) is 5.91 Å². The standard InChI is InChI=1S/C16H13IN2O3/c1-10(15(20)18-12-8-6-11(17)7-9-12)19-13-4-2-3-5-14(13)22-16(19)21/h2-10H,1H3,(H,18,20). The minimum Gasteiger partial charge on any atom is -0.408 e. The lowest BCUT2D eigenvalue weighted by molar-refractivity contribution is -0.118. The molecule has 5 nitrogen and oxygen atoms in total. The molecule has 22 heavy (non-hydrogen) atoms. The highest BCUT2D eigenvalue weighted by molar-refractivity contribution is 14.1. The number of hydrogen-bond acceptors (Lipinski definition) is 3. The summed E-state index contributed by atoms with van der Waals surface area (Å²) in [5.74, 6) is -0.804. The van der Waals surface area contributed by atoms with Crippen molar-refractivity contribution in [3.63, 3.8) is 0 Å². The molecule has 1 heterocycles. The fourth-order valence-corrected chi connectivity index (χ4v) is 2.61. The third-order valence-corrected chi connectivity index (χ3v) is 4.12. The van der Waals surface area contributed by atoms with E-state index in [-0.39, 0.29) is 5.91 Å². The highest BCUT2D eigenvalue weighted by Gasteiger charge is 2.21. The van der Waals surface area contributed by atoms with Gasteiger partial charge in [0.1, 0.15) is 6.04 Å². The predicted octanol–water partition coefficient (Wildman–Crippen LogP) is 3.40. The summed E-state index contributed by atoms with van der Waals surface area (Å²) in [7, 11) is 0. The Labute approximate surface area is 140 Å². The van der Waals surface area contributed by atoms with Crippen molar-refractivity contribution in [1.82, 2.24) is 4.57 Å². The molecular weight excluding hydrogens is 395 g/mol. The van der Waals surface area contributed by atoms with Gasteiger partial charge in [0.05, 0.1) is 5.52 Å². The molecule has 1 atom stereocenters. The quantitative estimate of drug-likeness (QED) is 0.676. The molecule has 1 amide bonds. The Kier molecular flexibility index (Phi) is 4.02. The Morgan fingerprint density at radius 2 is 1.86 bits per heavy atom. The maximum atomic E-state index is 12.4. The number of hydrogen-bond donors (Lipinski definition) is 1. The Morgan fingerprint density at radius 3 is 2.59 bits per heavy atom. The van der Waals surface area contributed by atoms with Crippen LogP contribution in [0.5, 0.6) is 0 Å². The Hall–Kier alpha value is -2.09. The summed E-state index contributed by atoms with van der Waals surface area (Å²) >= 11 is 2.20. The number of para-hydroxylation sites is 2. The first-order valence-corrected chi connectivity index (χ1v) is 7.80. The number of carbonyl (C=O) groups is 1. The highest BCUT2D eigenvalue weighted by atomic mass is 127. The van der Waals surface area contributed by atoms with Gasteiger partial charge >= 0.3 is 5.76 Å². The van der Waals surface area contributed by atoms with Crippen LogP contribution in [-0.2, 0) is 4.79 Å². The third-order valence-electron chi connectivity index (χ3n) is 3.40. The fourth-order valence-electron chi connectivity index (χ4n) is 2.25. The van der Waals surface area contributed by atoms with E-state index in [0.29, 0.717) is 16.8 Å². The van der Waals surface area contributed by atoms with Crippen molar-refractivity contribution >= 4 is 45.3 Å². The molecular formula is C16H13IN2O3. The molecule has 2 aromatic carbocycles. The van der Waals surface area contributed by atoms with E-state index in [1.54, 1.807) is 31.2 Å². The van der Waals surface area contributed by atoms with Gasteiger partial charge in [-0.3, -0.25) is 9.36 Å². The van der Waals surface area contributed by atoms with Gasteiger partial charge < -0.3 is 9.73 Å². The van der Waals surface area contributed by atoms with Gasteiger partial charge in [-0.25, -0.2) is 4.79 Å². The molecule has 0 radical (unpaired) electrons. The van der Waals surface area contributed by atoms with Crippen molar-refractivity contribution in [2.45, 2.75) is 13.0 Å². The second-order valence-electron chi connectivity index (χ2n) is 4.88. The van der Waals surface area contributed by atoms with Crippen molar-refractivity contribution in [2.24, 2.45) is 0 Å². The van der Waals surface area contributed by atoms with Crippen LogP contribution in [0, 0.1) is 3.57 Å². The van der Waals surface area contributed by atoms with E-state index in [9.17, 15) is 9.59 Å². The van der Waals surface area contributed by atoms with Crippen LogP contribution in [-0.4, -0.2) is 10.5 Å². The molecule has 0 fully saturated rings. The topological polar surface area (TPSA) is 64.2 Å². The van der Waals surface area contributed by atoms with E-state index in [0.717, 1.165) is 3.57 Å². The highest BCUT2D eigenvalue weighted by Crippen LogP contribution is 2.18. The average molecular weight is 408 g/mol. The normalized spacial score (nSPS) is 12.3. The van der Waals surface area contributed by atoms with Crippen LogP contribution in [0.3, 0.4) is 0 Å². The zero-order chi connectivity index (χ0) is 15.7. The van der Waals surface area contributed by atoms with Crippen LogP contribution >= 0.6 is 22.6 Å². The van der Waals surface area contributed by atoms with E-state index in [1.165, 1.54) is 4.57 Å². The van der Waals surface area contributed by atoms with Crippen LogP contribution in [0.4, 0.5) is 5.69 Å². The van der Waals surface area contributed by atoms with Crippen LogP contribution in [0.1, 0.15) is 13.0 Å². The van der Waals surface area contributed by atoms with Gasteiger partial charge in [-0.15, -0.1) is 0 Å². The summed E-state index contributed by atoms with van der Waals surface area (Å²) in [6, 6.07) is 13.8. The largest absolute Gasteiger partial charge is 0.420 e. The number of nitrogens with zero attached hydrogens (tertiary/aromatic N) is 1. The first-order valence-electron chi connectivity index (χ1n) is 6.73. The second-order valence-corrected chi connectivity index (χ2v) is 6.12. The van der Waals surface area contributed by atoms with E-state index < -0.39 is 11.8 Å². The van der Waals surface area contributed by atoms with Crippen LogP contribution < -0.4 is 11.1 Å². The lowest BCUT2D eigenvalue weighted by Crippen LogP contribution is -2.29. The molecule has 112 valence electrons. The van der Waals surface area contributed by atoms with Gasteiger partial charge in [-0.1, -0.05) is 12.1 Å². The first-order chi connectivity index (χ1) is 10.6. The van der Waals surface area contributed by atoms with Crippen LogP contribution in [0.2, 0.25) is 0 Å².